The summed E-state index contributed by atoms with van der Waals surface area (Å²) in [7, 11) is 3.04. The van der Waals surface area contributed by atoms with E-state index in [1.165, 1.54) is 24.1 Å². The first-order valence-corrected chi connectivity index (χ1v) is 8.87. The van der Waals surface area contributed by atoms with Crippen molar-refractivity contribution in [3.8, 4) is 0 Å². The molecule has 1 rings (SSSR count). The molecule has 0 spiro atoms. The zero-order valence-electron chi connectivity index (χ0n) is 14.8. The number of alkyl halides is 3. The van der Waals surface area contributed by atoms with Crippen molar-refractivity contribution < 1.29 is 17.6 Å². The summed E-state index contributed by atoms with van der Waals surface area (Å²) in [5.74, 6) is 1.18. The van der Waals surface area contributed by atoms with E-state index in [0.29, 0.717) is 19.0 Å². The van der Waals surface area contributed by atoms with Gasteiger partial charge in [-0.2, -0.15) is 13.2 Å². The molecule has 0 radical (unpaired) electrons. The fourth-order valence-electron chi connectivity index (χ4n) is 1.97. The van der Waals surface area contributed by atoms with E-state index >= 15 is 0 Å². The lowest BCUT2D eigenvalue weighted by Crippen LogP contribution is -2.42. The maximum Gasteiger partial charge on any atom is 0.401 e. The molecule has 1 aromatic carbocycles. The first-order valence-electron chi connectivity index (χ1n) is 7.88. The van der Waals surface area contributed by atoms with Gasteiger partial charge in [-0.15, -0.1) is 35.7 Å². The lowest BCUT2D eigenvalue weighted by atomic mass is 10.4. The van der Waals surface area contributed by atoms with Crippen LogP contribution >= 0.6 is 35.7 Å². The van der Waals surface area contributed by atoms with Crippen molar-refractivity contribution in [3.05, 3.63) is 30.1 Å². The maximum absolute atomic E-state index is 12.8. The zero-order chi connectivity index (χ0) is 18.7. The number of hydrogen-bond donors (Lipinski definition) is 2. The van der Waals surface area contributed by atoms with Gasteiger partial charge in [-0.25, -0.2) is 4.39 Å². The van der Waals surface area contributed by atoms with Crippen LogP contribution in [0.1, 0.15) is 6.42 Å². The standard InChI is InChI=1S/C16H24F4N4S.HI/c1-21-15(23-9-10-24(2)12-16(18,19)20)22-8-3-11-25-14-6-4-13(17)5-7-14;/h4-7H,3,8-12H2,1-2H3,(H2,21,22,23);1H. The SMILES string of the molecule is CN=C(NCCCSc1ccc(F)cc1)NCCN(C)CC(F)(F)F.I. The van der Waals surface area contributed by atoms with Crippen LogP contribution in [0.15, 0.2) is 34.2 Å². The highest BCUT2D eigenvalue weighted by atomic mass is 127. The molecule has 0 aliphatic heterocycles. The van der Waals surface area contributed by atoms with E-state index in [1.807, 2.05) is 0 Å². The Morgan fingerprint density at radius 2 is 1.77 bits per heavy atom. The Balaban J connectivity index is 0.00000625. The topological polar surface area (TPSA) is 39.7 Å². The van der Waals surface area contributed by atoms with Gasteiger partial charge in [0.25, 0.3) is 0 Å². The summed E-state index contributed by atoms with van der Waals surface area (Å²) in [5, 5.41) is 6.09. The highest BCUT2D eigenvalue weighted by molar-refractivity contribution is 14.0. The molecule has 26 heavy (non-hydrogen) atoms. The number of benzene rings is 1. The number of thioether (sulfide) groups is 1. The number of rotatable bonds is 9. The lowest BCUT2D eigenvalue weighted by molar-refractivity contribution is -0.142. The zero-order valence-corrected chi connectivity index (χ0v) is 17.9. The van der Waals surface area contributed by atoms with Crippen molar-refractivity contribution in [1.29, 1.82) is 0 Å². The van der Waals surface area contributed by atoms with Crippen molar-refractivity contribution >= 4 is 41.7 Å². The maximum atomic E-state index is 12.8. The quantitative estimate of drug-likeness (QED) is 0.134. The van der Waals surface area contributed by atoms with E-state index in [9.17, 15) is 17.6 Å². The number of hydrogen-bond acceptors (Lipinski definition) is 3. The second-order valence-electron chi connectivity index (χ2n) is 5.43. The normalized spacial score (nSPS) is 12.0. The molecule has 0 unspecified atom stereocenters. The van der Waals surface area contributed by atoms with Gasteiger partial charge < -0.3 is 10.6 Å². The molecule has 0 aliphatic carbocycles. The second kappa shape index (κ2) is 13.4. The molecule has 1 aromatic rings. The predicted molar refractivity (Wildman–Crippen MR) is 110 cm³/mol. The molecule has 0 atom stereocenters. The summed E-state index contributed by atoms with van der Waals surface area (Å²) < 4.78 is 49.5. The summed E-state index contributed by atoms with van der Waals surface area (Å²) >= 11 is 1.64. The van der Waals surface area contributed by atoms with Gasteiger partial charge in [0.1, 0.15) is 5.82 Å². The summed E-state index contributed by atoms with van der Waals surface area (Å²) in [5.41, 5.74) is 0. The number of likely N-dealkylation sites (N-methyl/N-ethyl adjacent to an activating group) is 1. The van der Waals surface area contributed by atoms with Crippen molar-refractivity contribution in [1.82, 2.24) is 15.5 Å². The third kappa shape index (κ3) is 12.6. The van der Waals surface area contributed by atoms with Crippen molar-refractivity contribution in [2.75, 3.05) is 46.0 Å². The summed E-state index contributed by atoms with van der Waals surface area (Å²) in [4.78, 5) is 6.25. The molecular weight excluding hydrogens is 483 g/mol. The fraction of sp³-hybridized carbons (Fsp3) is 0.562. The Hall–Kier alpha value is -0.750. The Labute approximate surface area is 173 Å². The summed E-state index contributed by atoms with van der Waals surface area (Å²) in [6.07, 6.45) is -3.31. The van der Waals surface area contributed by atoms with Crippen molar-refractivity contribution in [2.24, 2.45) is 4.99 Å². The Morgan fingerprint density at radius 3 is 2.35 bits per heavy atom. The third-order valence-electron chi connectivity index (χ3n) is 3.15. The van der Waals surface area contributed by atoms with E-state index < -0.39 is 12.7 Å². The van der Waals surface area contributed by atoms with Gasteiger partial charge >= 0.3 is 6.18 Å². The summed E-state index contributed by atoms with van der Waals surface area (Å²) in [6.45, 7) is 0.394. The van der Waals surface area contributed by atoms with E-state index in [2.05, 4.69) is 15.6 Å². The van der Waals surface area contributed by atoms with Crippen LogP contribution in [0.5, 0.6) is 0 Å². The number of nitrogens with one attached hydrogen (secondary N) is 2. The minimum absolute atomic E-state index is 0. The monoisotopic (exact) mass is 508 g/mol. The van der Waals surface area contributed by atoms with E-state index in [-0.39, 0.29) is 36.3 Å². The van der Waals surface area contributed by atoms with Crippen LogP contribution in [0.4, 0.5) is 17.6 Å². The molecule has 10 heteroatoms. The molecular formula is C16H25F4IN4S. The average Bonchev–Trinajstić information content (AvgIpc) is 2.53. The molecule has 0 amide bonds. The molecule has 0 aliphatic rings. The molecule has 2 N–H and O–H groups in total. The van der Waals surface area contributed by atoms with Crippen LogP contribution in [0.2, 0.25) is 0 Å². The van der Waals surface area contributed by atoms with Gasteiger partial charge in [0.15, 0.2) is 5.96 Å². The predicted octanol–water partition coefficient (Wildman–Crippen LogP) is 3.59. The molecule has 150 valence electrons. The van der Waals surface area contributed by atoms with Crippen LogP contribution in [0.3, 0.4) is 0 Å². The van der Waals surface area contributed by atoms with E-state index in [0.717, 1.165) is 17.1 Å². The van der Waals surface area contributed by atoms with Gasteiger partial charge in [0, 0.05) is 31.6 Å². The van der Waals surface area contributed by atoms with Gasteiger partial charge in [-0.3, -0.25) is 9.89 Å². The number of halogens is 5. The molecule has 0 fully saturated rings. The fourth-order valence-corrected chi connectivity index (χ4v) is 2.82. The average molecular weight is 508 g/mol. The smallest absolute Gasteiger partial charge is 0.356 e. The third-order valence-corrected chi connectivity index (χ3v) is 4.25. The highest BCUT2D eigenvalue weighted by Gasteiger charge is 2.28. The van der Waals surface area contributed by atoms with Gasteiger partial charge in [0.2, 0.25) is 0 Å². The van der Waals surface area contributed by atoms with Crippen LogP contribution in [0, 0.1) is 5.82 Å². The van der Waals surface area contributed by atoms with Gasteiger partial charge in [-0.1, -0.05) is 0 Å². The number of aliphatic imine (C=N–C) groups is 1. The van der Waals surface area contributed by atoms with Crippen LogP contribution < -0.4 is 10.6 Å². The van der Waals surface area contributed by atoms with Crippen molar-refractivity contribution in [2.45, 2.75) is 17.5 Å². The number of guanidine groups is 1. The molecule has 0 bridgehead atoms. The molecule has 0 saturated heterocycles. The first-order chi connectivity index (χ1) is 11.8. The Morgan fingerprint density at radius 1 is 1.15 bits per heavy atom. The second-order valence-corrected chi connectivity index (χ2v) is 6.60. The first kappa shape index (κ1) is 25.2. The number of nitrogens with zero attached hydrogens (tertiary/aromatic N) is 2. The molecule has 0 heterocycles. The lowest BCUT2D eigenvalue weighted by Gasteiger charge is -2.19. The van der Waals surface area contributed by atoms with Crippen LogP contribution in [0.25, 0.3) is 0 Å². The summed E-state index contributed by atoms with van der Waals surface area (Å²) in [6, 6.07) is 6.35. The Bertz CT molecular complexity index is 526. The Kier molecular flexibility index (Phi) is 13.0. The molecule has 4 nitrogen and oxygen atoms in total. The minimum atomic E-state index is -4.18. The minimum Gasteiger partial charge on any atom is -0.356 e. The van der Waals surface area contributed by atoms with Crippen molar-refractivity contribution in [3.63, 3.8) is 0 Å². The van der Waals surface area contributed by atoms with Gasteiger partial charge in [0.05, 0.1) is 6.54 Å². The van der Waals surface area contributed by atoms with Gasteiger partial charge in [-0.05, 0) is 43.5 Å². The van der Waals surface area contributed by atoms with E-state index in [1.54, 1.807) is 30.9 Å². The molecule has 0 saturated carbocycles. The highest BCUT2D eigenvalue weighted by Crippen LogP contribution is 2.18. The largest absolute Gasteiger partial charge is 0.401 e. The molecule has 0 aromatic heterocycles. The van der Waals surface area contributed by atoms with Crippen LogP contribution in [-0.4, -0.2) is 63.1 Å². The van der Waals surface area contributed by atoms with E-state index in [4.69, 9.17) is 0 Å². The van der Waals surface area contributed by atoms with Crippen LogP contribution in [-0.2, 0) is 0 Å².